The van der Waals surface area contributed by atoms with Gasteiger partial charge in [0.05, 0.1) is 29.3 Å². The molecule has 41 heavy (non-hydrogen) atoms. The highest BCUT2D eigenvalue weighted by molar-refractivity contribution is 7.99. The van der Waals surface area contributed by atoms with Crippen LogP contribution in [0.1, 0.15) is 33.2 Å². The number of rotatable bonds is 9. The van der Waals surface area contributed by atoms with Gasteiger partial charge in [-0.1, -0.05) is 24.3 Å². The third-order valence-electron chi connectivity index (χ3n) is 7.25. The Bertz CT molecular complexity index is 1620. The lowest BCUT2D eigenvalue weighted by Gasteiger charge is -2.22. The zero-order chi connectivity index (χ0) is 29.3. The average molecular weight is 607 g/mol. The number of ether oxygens (including phenoxy) is 1. The molecule has 0 radical (unpaired) electrons. The second kappa shape index (κ2) is 12.0. The first-order valence-corrected chi connectivity index (χ1v) is 14.8. The minimum absolute atomic E-state index is 0.0192. The molecule has 0 spiro atoms. The second-order valence-electron chi connectivity index (χ2n) is 9.72. The van der Waals surface area contributed by atoms with Crippen LogP contribution in [0.3, 0.4) is 0 Å². The molecule has 2 aromatic carbocycles. The van der Waals surface area contributed by atoms with Gasteiger partial charge in [0.1, 0.15) is 5.82 Å². The molecule has 5 rings (SSSR count). The Morgan fingerprint density at radius 3 is 2.56 bits per heavy atom. The van der Waals surface area contributed by atoms with Crippen LogP contribution in [0, 0.1) is 18.6 Å². The van der Waals surface area contributed by atoms with Crippen LogP contribution in [0.25, 0.3) is 11.1 Å². The number of pyridine rings is 1. The largest absolute Gasteiger partial charge is 0.494 e. The Balaban J connectivity index is 1.62. The molecule has 4 aromatic rings. The van der Waals surface area contributed by atoms with Crippen LogP contribution in [-0.4, -0.2) is 30.5 Å². The molecule has 0 amide bonds. The number of benzene rings is 2. The monoisotopic (exact) mass is 606 g/mol. The Hall–Kier alpha value is -3.15. The number of hydrogen-bond acceptors (Lipinski definition) is 5. The predicted molar refractivity (Wildman–Crippen MR) is 152 cm³/mol. The molecular formula is C30H27F5N2O2S2. The van der Waals surface area contributed by atoms with Crippen molar-refractivity contribution in [1.82, 2.24) is 9.88 Å². The minimum atomic E-state index is -4.77. The fourth-order valence-electron chi connectivity index (χ4n) is 5.22. The fourth-order valence-corrected chi connectivity index (χ4v) is 7.32. The van der Waals surface area contributed by atoms with Crippen molar-refractivity contribution in [2.45, 2.75) is 37.0 Å². The molecule has 0 saturated heterocycles. The number of hydrogen-bond donors (Lipinski definition) is 1. The van der Waals surface area contributed by atoms with Crippen LogP contribution in [0.4, 0.5) is 22.0 Å². The highest BCUT2D eigenvalue weighted by atomic mass is 32.2. The summed E-state index contributed by atoms with van der Waals surface area (Å²) in [4.78, 5) is 15.2. The van der Waals surface area contributed by atoms with E-state index in [1.807, 2.05) is 17.5 Å². The Labute approximate surface area is 242 Å². The summed E-state index contributed by atoms with van der Waals surface area (Å²) < 4.78 is 78.8. The van der Waals surface area contributed by atoms with Crippen molar-refractivity contribution >= 4 is 23.1 Å². The van der Waals surface area contributed by atoms with E-state index in [1.165, 1.54) is 40.4 Å². The summed E-state index contributed by atoms with van der Waals surface area (Å²) in [6.07, 6.45) is -4.37. The van der Waals surface area contributed by atoms with Gasteiger partial charge in [-0.05, 0) is 54.1 Å². The van der Waals surface area contributed by atoms with E-state index in [2.05, 4.69) is 5.32 Å². The SMILES string of the molecule is COc1cccc(-c2c(C)c(Cc3c(F)cccc3C(F)(F)F)c3n(c2=O)C(CNCCc2cccs2)CS3)c1F. The molecule has 1 aliphatic heterocycles. The number of methoxy groups -OCH3 is 1. The molecule has 1 atom stereocenters. The topological polar surface area (TPSA) is 43.3 Å². The van der Waals surface area contributed by atoms with Gasteiger partial charge in [0.15, 0.2) is 11.6 Å². The van der Waals surface area contributed by atoms with Crippen molar-refractivity contribution in [3.05, 3.63) is 103 Å². The van der Waals surface area contributed by atoms with Crippen molar-refractivity contribution in [2.75, 3.05) is 26.0 Å². The number of alkyl halides is 3. The molecule has 0 fully saturated rings. The number of halogens is 5. The van der Waals surface area contributed by atoms with Gasteiger partial charge in [-0.25, -0.2) is 8.78 Å². The number of thioether (sulfide) groups is 1. The Morgan fingerprint density at radius 2 is 1.85 bits per heavy atom. The van der Waals surface area contributed by atoms with Crippen LogP contribution < -0.4 is 15.6 Å². The average Bonchev–Trinajstić information content (AvgIpc) is 3.60. The van der Waals surface area contributed by atoms with Gasteiger partial charge in [-0.3, -0.25) is 9.36 Å². The van der Waals surface area contributed by atoms with Gasteiger partial charge < -0.3 is 10.1 Å². The molecule has 0 saturated carbocycles. The summed E-state index contributed by atoms with van der Waals surface area (Å²) >= 11 is 3.00. The standard InChI is InChI=1S/C30H27F5N2O2S2/c1-17-21(14-22-23(30(33,34)35)8-4-9-24(22)31)29-37(18(16-41-29)15-36-12-11-19-6-5-13-40-19)28(38)26(17)20-7-3-10-25(39-2)27(20)32/h3-10,13,18,36H,11-12,14-16H2,1-2H3. The van der Waals surface area contributed by atoms with E-state index >= 15 is 4.39 Å². The molecule has 0 bridgehead atoms. The van der Waals surface area contributed by atoms with Crippen molar-refractivity contribution in [3.8, 4) is 16.9 Å². The molecule has 1 unspecified atom stereocenters. The van der Waals surface area contributed by atoms with Crippen molar-refractivity contribution in [1.29, 1.82) is 0 Å². The van der Waals surface area contributed by atoms with Gasteiger partial charge in [0.25, 0.3) is 5.56 Å². The van der Waals surface area contributed by atoms with Gasteiger partial charge in [0.2, 0.25) is 0 Å². The molecule has 0 aliphatic carbocycles. The van der Waals surface area contributed by atoms with Crippen molar-refractivity contribution in [2.24, 2.45) is 0 Å². The lowest BCUT2D eigenvalue weighted by atomic mass is 9.92. The normalized spacial score (nSPS) is 14.9. The van der Waals surface area contributed by atoms with Crippen LogP contribution in [0.2, 0.25) is 0 Å². The van der Waals surface area contributed by atoms with Gasteiger partial charge in [-0.2, -0.15) is 13.2 Å². The van der Waals surface area contributed by atoms with Crippen LogP contribution in [-0.2, 0) is 19.0 Å². The van der Waals surface area contributed by atoms with E-state index in [-0.39, 0.29) is 22.9 Å². The number of fused-ring (bicyclic) bond motifs is 1. The molecule has 1 aliphatic rings. The van der Waals surface area contributed by atoms with E-state index in [9.17, 15) is 22.4 Å². The third kappa shape index (κ3) is 5.80. The van der Waals surface area contributed by atoms with E-state index in [0.717, 1.165) is 24.6 Å². The maximum absolute atomic E-state index is 15.5. The van der Waals surface area contributed by atoms with Crippen molar-refractivity contribution < 1.29 is 26.7 Å². The van der Waals surface area contributed by atoms with Crippen LogP contribution >= 0.6 is 23.1 Å². The van der Waals surface area contributed by atoms with Crippen LogP contribution in [0.15, 0.2) is 63.7 Å². The molecular weight excluding hydrogens is 579 g/mol. The van der Waals surface area contributed by atoms with E-state index < -0.39 is 40.9 Å². The highest BCUT2D eigenvalue weighted by Crippen LogP contribution is 2.42. The highest BCUT2D eigenvalue weighted by Gasteiger charge is 2.36. The summed E-state index contributed by atoms with van der Waals surface area (Å²) in [7, 11) is 1.31. The van der Waals surface area contributed by atoms with E-state index in [0.29, 0.717) is 35.0 Å². The Kier molecular flexibility index (Phi) is 8.58. The number of thiophene rings is 1. The minimum Gasteiger partial charge on any atom is -0.494 e. The van der Waals surface area contributed by atoms with E-state index in [4.69, 9.17) is 4.74 Å². The first-order valence-electron chi connectivity index (χ1n) is 12.9. The van der Waals surface area contributed by atoms with Gasteiger partial charge in [0, 0.05) is 41.3 Å². The summed E-state index contributed by atoms with van der Waals surface area (Å²) in [5, 5.41) is 5.85. The summed E-state index contributed by atoms with van der Waals surface area (Å²) in [6.45, 7) is 2.68. The van der Waals surface area contributed by atoms with Gasteiger partial charge >= 0.3 is 6.18 Å². The lowest BCUT2D eigenvalue weighted by Crippen LogP contribution is -2.34. The quantitative estimate of drug-likeness (QED) is 0.161. The zero-order valence-corrected chi connectivity index (χ0v) is 23.9. The molecule has 4 nitrogen and oxygen atoms in total. The fraction of sp³-hybridized carbons (Fsp3) is 0.300. The summed E-state index contributed by atoms with van der Waals surface area (Å²) in [5.41, 5.74) is -1.36. The number of nitrogens with one attached hydrogen (secondary N) is 1. The molecule has 3 heterocycles. The third-order valence-corrected chi connectivity index (χ3v) is 9.46. The van der Waals surface area contributed by atoms with Gasteiger partial charge in [-0.15, -0.1) is 23.1 Å². The lowest BCUT2D eigenvalue weighted by molar-refractivity contribution is -0.138. The van der Waals surface area contributed by atoms with Crippen molar-refractivity contribution in [3.63, 3.8) is 0 Å². The summed E-state index contributed by atoms with van der Waals surface area (Å²) in [5.74, 6) is -1.32. The van der Waals surface area contributed by atoms with Crippen LogP contribution in [0.5, 0.6) is 5.75 Å². The first kappa shape index (κ1) is 29.3. The maximum atomic E-state index is 15.5. The summed E-state index contributed by atoms with van der Waals surface area (Å²) in [6, 6.07) is 11.0. The second-order valence-corrected chi connectivity index (χ2v) is 11.8. The van der Waals surface area contributed by atoms with E-state index in [1.54, 1.807) is 24.3 Å². The molecule has 2 aromatic heterocycles. The smallest absolute Gasteiger partial charge is 0.416 e. The maximum Gasteiger partial charge on any atom is 0.416 e. The molecule has 216 valence electrons. The molecule has 11 heteroatoms. The first-order chi connectivity index (χ1) is 19.6. The number of aromatic nitrogens is 1. The zero-order valence-electron chi connectivity index (χ0n) is 22.3. The predicted octanol–water partition coefficient (Wildman–Crippen LogP) is 7.26. The number of nitrogens with zero attached hydrogens (tertiary/aromatic N) is 1. The molecule has 1 N–H and O–H groups in total. The Morgan fingerprint density at radius 1 is 1.07 bits per heavy atom.